The Kier molecular flexibility index (Phi) is 5.33. The number of piperidine rings is 1. The summed E-state index contributed by atoms with van der Waals surface area (Å²) in [6.07, 6.45) is 2.38. The predicted octanol–water partition coefficient (Wildman–Crippen LogP) is 3.03. The molecule has 7 heteroatoms. The molecule has 1 N–H and O–H groups in total. The lowest BCUT2D eigenvalue weighted by molar-refractivity contribution is -0.148. The summed E-state index contributed by atoms with van der Waals surface area (Å²) in [6, 6.07) is 5.02. The Morgan fingerprint density at radius 1 is 1.17 bits per heavy atom. The maximum Gasteiger partial charge on any atom is 0.326 e. The van der Waals surface area contributed by atoms with Gasteiger partial charge in [0.05, 0.1) is 10.0 Å². The molecule has 1 aromatic rings. The number of carboxylic acids is 1. The Labute approximate surface area is 151 Å². The minimum atomic E-state index is -0.890. The zero-order valence-corrected chi connectivity index (χ0v) is 14.8. The average molecular weight is 371 g/mol. The number of carboxylic acid groups (broad SMARTS) is 1. The fraction of sp³-hybridized carbons (Fsp3) is 0.529. The van der Waals surface area contributed by atoms with Crippen molar-refractivity contribution in [2.45, 2.75) is 44.3 Å². The van der Waals surface area contributed by atoms with E-state index in [0.717, 1.165) is 38.0 Å². The van der Waals surface area contributed by atoms with Crippen molar-refractivity contribution >= 4 is 35.1 Å². The van der Waals surface area contributed by atoms with Crippen LogP contribution in [-0.4, -0.2) is 52.0 Å². The van der Waals surface area contributed by atoms with E-state index >= 15 is 0 Å². The molecule has 0 aliphatic carbocycles. The Bertz CT molecular complexity index is 645. The Balaban J connectivity index is 1.58. The van der Waals surface area contributed by atoms with Crippen molar-refractivity contribution in [1.82, 2.24) is 9.80 Å². The van der Waals surface area contributed by atoms with E-state index in [4.69, 9.17) is 23.2 Å². The van der Waals surface area contributed by atoms with Crippen LogP contribution in [0.25, 0.3) is 0 Å². The van der Waals surface area contributed by atoms with Crippen LogP contribution in [-0.2, 0) is 16.1 Å². The first-order chi connectivity index (χ1) is 11.5. The number of carbonyl (C=O) groups excluding carboxylic acids is 1. The van der Waals surface area contributed by atoms with E-state index in [9.17, 15) is 14.7 Å². The van der Waals surface area contributed by atoms with Crippen LogP contribution in [0.1, 0.15) is 31.2 Å². The van der Waals surface area contributed by atoms with Gasteiger partial charge in [-0.3, -0.25) is 9.69 Å². The Hall–Kier alpha value is -1.30. The summed E-state index contributed by atoms with van der Waals surface area (Å²) < 4.78 is 0. The summed E-state index contributed by atoms with van der Waals surface area (Å²) in [6.45, 7) is 2.45. The highest BCUT2D eigenvalue weighted by molar-refractivity contribution is 6.42. The molecule has 1 unspecified atom stereocenters. The quantitative estimate of drug-likeness (QED) is 0.884. The molecule has 3 rings (SSSR count). The SMILES string of the molecule is O=C(O)C1CCC(=O)N1C1CCN(Cc2ccc(Cl)c(Cl)c2)CC1. The monoisotopic (exact) mass is 370 g/mol. The molecule has 130 valence electrons. The van der Waals surface area contributed by atoms with Gasteiger partial charge in [-0.1, -0.05) is 29.3 Å². The van der Waals surface area contributed by atoms with Gasteiger partial charge in [-0.25, -0.2) is 4.79 Å². The second kappa shape index (κ2) is 7.30. The summed E-state index contributed by atoms with van der Waals surface area (Å²) in [5, 5.41) is 10.4. The highest BCUT2D eigenvalue weighted by atomic mass is 35.5. The molecule has 1 aromatic carbocycles. The molecule has 1 amide bonds. The predicted molar refractivity (Wildman–Crippen MR) is 92.3 cm³/mol. The van der Waals surface area contributed by atoms with Crippen LogP contribution in [0.3, 0.4) is 0 Å². The van der Waals surface area contributed by atoms with Crippen molar-refractivity contribution in [1.29, 1.82) is 0 Å². The fourth-order valence-electron chi connectivity index (χ4n) is 3.65. The van der Waals surface area contributed by atoms with Gasteiger partial charge < -0.3 is 10.0 Å². The first-order valence-electron chi connectivity index (χ1n) is 8.16. The fourth-order valence-corrected chi connectivity index (χ4v) is 3.98. The van der Waals surface area contributed by atoms with E-state index in [-0.39, 0.29) is 11.9 Å². The molecule has 2 aliphatic rings. The molecule has 2 heterocycles. The summed E-state index contributed by atoms with van der Waals surface area (Å²) in [5.41, 5.74) is 1.10. The smallest absolute Gasteiger partial charge is 0.326 e. The zero-order valence-electron chi connectivity index (χ0n) is 13.3. The van der Waals surface area contributed by atoms with Gasteiger partial charge in [0.2, 0.25) is 5.91 Å². The number of benzene rings is 1. The lowest BCUT2D eigenvalue weighted by atomic mass is 10.0. The van der Waals surface area contributed by atoms with Crippen molar-refractivity contribution in [3.63, 3.8) is 0 Å². The molecule has 1 atom stereocenters. The zero-order chi connectivity index (χ0) is 17.3. The lowest BCUT2D eigenvalue weighted by Gasteiger charge is -2.38. The van der Waals surface area contributed by atoms with Gasteiger partial charge in [0.15, 0.2) is 0 Å². The van der Waals surface area contributed by atoms with Gasteiger partial charge >= 0.3 is 5.97 Å². The standard InChI is InChI=1S/C17H20Cl2N2O3/c18-13-2-1-11(9-14(13)19)10-20-7-5-12(6-8-20)21-15(17(23)24)3-4-16(21)22/h1-2,9,12,15H,3-8,10H2,(H,23,24). The Morgan fingerprint density at radius 2 is 1.88 bits per heavy atom. The molecule has 2 saturated heterocycles. The number of nitrogens with zero attached hydrogens (tertiary/aromatic N) is 2. The number of hydrogen-bond donors (Lipinski definition) is 1. The first-order valence-corrected chi connectivity index (χ1v) is 8.91. The normalized spacial score (nSPS) is 23.0. The van der Waals surface area contributed by atoms with Crippen molar-refractivity contribution in [3.8, 4) is 0 Å². The van der Waals surface area contributed by atoms with Crippen molar-refractivity contribution in [3.05, 3.63) is 33.8 Å². The van der Waals surface area contributed by atoms with E-state index in [1.807, 2.05) is 12.1 Å². The van der Waals surface area contributed by atoms with Crippen LogP contribution < -0.4 is 0 Å². The summed E-state index contributed by atoms with van der Waals surface area (Å²) in [4.78, 5) is 27.3. The van der Waals surface area contributed by atoms with Crippen molar-refractivity contribution in [2.75, 3.05) is 13.1 Å². The van der Waals surface area contributed by atoms with Crippen LogP contribution in [0.2, 0.25) is 10.0 Å². The maximum absolute atomic E-state index is 12.1. The number of likely N-dealkylation sites (tertiary alicyclic amines) is 2. The molecule has 2 fully saturated rings. The molecule has 0 radical (unpaired) electrons. The number of amides is 1. The first kappa shape index (κ1) is 17.5. The van der Waals surface area contributed by atoms with Crippen LogP contribution >= 0.6 is 23.2 Å². The van der Waals surface area contributed by atoms with Gasteiger partial charge in [-0.15, -0.1) is 0 Å². The molecule has 0 saturated carbocycles. The molecule has 24 heavy (non-hydrogen) atoms. The van der Waals surface area contributed by atoms with Crippen LogP contribution in [0.15, 0.2) is 18.2 Å². The second-order valence-electron chi connectivity index (χ2n) is 6.45. The lowest BCUT2D eigenvalue weighted by Crippen LogP contribution is -2.50. The molecular formula is C17H20Cl2N2O3. The van der Waals surface area contributed by atoms with Crippen LogP contribution in [0, 0.1) is 0 Å². The summed E-state index contributed by atoms with van der Waals surface area (Å²) >= 11 is 12.0. The molecule has 0 aromatic heterocycles. The van der Waals surface area contributed by atoms with E-state index in [1.54, 1.807) is 11.0 Å². The minimum absolute atomic E-state index is 0.0228. The molecular weight excluding hydrogens is 351 g/mol. The third-order valence-corrected chi connectivity index (χ3v) is 5.62. The van der Waals surface area contributed by atoms with Gasteiger partial charge in [0, 0.05) is 32.1 Å². The molecule has 0 bridgehead atoms. The number of halogens is 2. The largest absolute Gasteiger partial charge is 0.480 e. The average Bonchev–Trinajstić information content (AvgIpc) is 2.94. The van der Waals surface area contributed by atoms with Crippen LogP contribution in [0.4, 0.5) is 0 Å². The number of rotatable bonds is 4. The number of aliphatic carboxylic acids is 1. The van der Waals surface area contributed by atoms with Crippen molar-refractivity contribution in [2.24, 2.45) is 0 Å². The topological polar surface area (TPSA) is 60.9 Å². The second-order valence-corrected chi connectivity index (χ2v) is 7.26. The maximum atomic E-state index is 12.1. The molecule has 0 spiro atoms. The Morgan fingerprint density at radius 3 is 2.50 bits per heavy atom. The van der Waals surface area contributed by atoms with E-state index < -0.39 is 12.0 Å². The van der Waals surface area contributed by atoms with Gasteiger partial charge in [-0.05, 0) is 37.0 Å². The summed E-state index contributed by atoms with van der Waals surface area (Å²) in [7, 11) is 0. The van der Waals surface area contributed by atoms with Gasteiger partial charge in [0.25, 0.3) is 0 Å². The van der Waals surface area contributed by atoms with E-state index in [2.05, 4.69) is 4.90 Å². The molecule has 5 nitrogen and oxygen atoms in total. The third-order valence-electron chi connectivity index (χ3n) is 4.88. The highest BCUT2D eigenvalue weighted by Crippen LogP contribution is 2.28. The highest BCUT2D eigenvalue weighted by Gasteiger charge is 2.41. The molecule has 2 aliphatic heterocycles. The van der Waals surface area contributed by atoms with E-state index in [1.165, 1.54) is 0 Å². The third kappa shape index (κ3) is 3.68. The number of hydrogen-bond acceptors (Lipinski definition) is 3. The van der Waals surface area contributed by atoms with Crippen LogP contribution in [0.5, 0.6) is 0 Å². The van der Waals surface area contributed by atoms with Gasteiger partial charge in [0.1, 0.15) is 6.04 Å². The van der Waals surface area contributed by atoms with E-state index in [0.29, 0.717) is 22.9 Å². The summed E-state index contributed by atoms with van der Waals surface area (Å²) in [5.74, 6) is -0.913. The van der Waals surface area contributed by atoms with Gasteiger partial charge in [-0.2, -0.15) is 0 Å². The number of carbonyl (C=O) groups is 2. The van der Waals surface area contributed by atoms with Crippen molar-refractivity contribution < 1.29 is 14.7 Å². The minimum Gasteiger partial charge on any atom is -0.480 e.